The lowest BCUT2D eigenvalue weighted by Gasteiger charge is -2.20. The van der Waals surface area contributed by atoms with E-state index in [1.54, 1.807) is 25.3 Å². The van der Waals surface area contributed by atoms with Crippen LogP contribution in [0.15, 0.2) is 27.8 Å². The first kappa shape index (κ1) is 23.2. The second kappa shape index (κ2) is 12.6. The summed E-state index contributed by atoms with van der Waals surface area (Å²) in [5.74, 6) is 1.20. The van der Waals surface area contributed by atoms with Gasteiger partial charge in [-0.3, -0.25) is 0 Å². The van der Waals surface area contributed by atoms with E-state index in [0.717, 1.165) is 6.54 Å². The van der Waals surface area contributed by atoms with Crippen molar-refractivity contribution in [1.82, 2.24) is 10.6 Å². The second-order valence-corrected chi connectivity index (χ2v) is 6.86. The van der Waals surface area contributed by atoms with E-state index in [0.29, 0.717) is 31.0 Å². The van der Waals surface area contributed by atoms with Crippen LogP contribution in [0, 0.1) is 0 Å². The molecule has 1 heterocycles. The fourth-order valence-corrected chi connectivity index (χ4v) is 3.04. The molecule has 3 N–H and O–H groups in total. The Kier molecular flexibility index (Phi) is 11.2. The summed E-state index contributed by atoms with van der Waals surface area (Å²) in [6.45, 7) is 6.07. The molecule has 1 aliphatic rings. The van der Waals surface area contributed by atoms with E-state index in [9.17, 15) is 5.11 Å². The van der Waals surface area contributed by atoms with Crippen LogP contribution in [0.1, 0.15) is 58.1 Å². The number of ether oxygens (including phenoxy) is 1. The minimum atomic E-state index is -1.12. The Morgan fingerprint density at radius 1 is 1.31 bits per heavy atom. The smallest absolute Gasteiger partial charge is 0.191 e. The molecular formula is C19H34IN3O3. The molecule has 0 aromatic carbocycles. The van der Waals surface area contributed by atoms with Crippen molar-refractivity contribution in [3.8, 4) is 0 Å². The van der Waals surface area contributed by atoms with Gasteiger partial charge in [-0.25, -0.2) is 4.99 Å². The number of hydrogen-bond donors (Lipinski definition) is 3. The average molecular weight is 479 g/mol. The van der Waals surface area contributed by atoms with Crippen molar-refractivity contribution in [1.29, 1.82) is 0 Å². The molecule has 0 aliphatic heterocycles. The third-order valence-electron chi connectivity index (χ3n) is 4.49. The highest BCUT2D eigenvalue weighted by Gasteiger charge is 2.26. The molecule has 0 spiro atoms. The maximum atomic E-state index is 10.5. The predicted molar refractivity (Wildman–Crippen MR) is 115 cm³/mol. The van der Waals surface area contributed by atoms with Crippen molar-refractivity contribution in [2.24, 2.45) is 4.99 Å². The lowest BCUT2D eigenvalue weighted by atomic mass is 10.0. The molecule has 1 saturated carbocycles. The molecule has 2 rings (SSSR count). The maximum absolute atomic E-state index is 10.5. The molecule has 1 aromatic heterocycles. The van der Waals surface area contributed by atoms with Crippen LogP contribution in [0.4, 0.5) is 0 Å². The van der Waals surface area contributed by atoms with E-state index < -0.39 is 5.60 Å². The van der Waals surface area contributed by atoms with Gasteiger partial charge in [0.2, 0.25) is 0 Å². The van der Waals surface area contributed by atoms with E-state index >= 15 is 0 Å². The first-order chi connectivity index (χ1) is 12.1. The van der Waals surface area contributed by atoms with Gasteiger partial charge in [0.1, 0.15) is 11.4 Å². The molecule has 1 fully saturated rings. The highest BCUT2D eigenvalue weighted by Crippen LogP contribution is 2.21. The van der Waals surface area contributed by atoms with Gasteiger partial charge in [0, 0.05) is 13.1 Å². The minimum absolute atomic E-state index is 0. The van der Waals surface area contributed by atoms with E-state index in [1.165, 1.54) is 38.5 Å². The van der Waals surface area contributed by atoms with Crippen LogP contribution in [-0.2, 0) is 10.3 Å². The second-order valence-electron chi connectivity index (χ2n) is 6.86. The van der Waals surface area contributed by atoms with Crippen LogP contribution in [0.25, 0.3) is 0 Å². The Morgan fingerprint density at radius 3 is 2.65 bits per heavy atom. The summed E-state index contributed by atoms with van der Waals surface area (Å²) >= 11 is 0. The quantitative estimate of drug-likeness (QED) is 0.175. The van der Waals surface area contributed by atoms with Crippen LogP contribution in [0.2, 0.25) is 0 Å². The number of aliphatic hydroxyl groups is 1. The fraction of sp³-hybridized carbons (Fsp3) is 0.737. The Hall–Kier alpha value is -0.800. The lowest BCUT2D eigenvalue weighted by molar-refractivity contribution is 0.0433. The Labute approximate surface area is 174 Å². The first-order valence-corrected chi connectivity index (χ1v) is 9.52. The predicted octanol–water partition coefficient (Wildman–Crippen LogP) is 3.40. The Balaban J connectivity index is 0.00000338. The highest BCUT2D eigenvalue weighted by molar-refractivity contribution is 14.0. The number of nitrogens with one attached hydrogen (secondary N) is 2. The highest BCUT2D eigenvalue weighted by atomic mass is 127. The van der Waals surface area contributed by atoms with Crippen LogP contribution in [0.5, 0.6) is 0 Å². The van der Waals surface area contributed by atoms with Gasteiger partial charge in [0.05, 0.1) is 25.5 Å². The van der Waals surface area contributed by atoms with E-state index in [4.69, 9.17) is 9.15 Å². The van der Waals surface area contributed by atoms with Crippen molar-refractivity contribution < 1.29 is 14.3 Å². The molecule has 0 saturated heterocycles. The molecule has 1 aliphatic carbocycles. The number of nitrogens with zero attached hydrogens (tertiary/aromatic N) is 1. The molecule has 7 heteroatoms. The summed E-state index contributed by atoms with van der Waals surface area (Å²) in [5, 5.41) is 16.9. The molecule has 150 valence electrons. The largest absolute Gasteiger partial charge is 0.466 e. The molecular weight excluding hydrogens is 445 g/mol. The van der Waals surface area contributed by atoms with Gasteiger partial charge >= 0.3 is 0 Å². The topological polar surface area (TPSA) is 79.0 Å². The molecule has 1 atom stereocenters. The van der Waals surface area contributed by atoms with Crippen molar-refractivity contribution in [2.45, 2.75) is 64.1 Å². The van der Waals surface area contributed by atoms with Gasteiger partial charge in [-0.1, -0.05) is 25.7 Å². The van der Waals surface area contributed by atoms with E-state index in [1.807, 2.05) is 6.92 Å². The normalized spacial score (nSPS) is 18.5. The number of hydrogen-bond acceptors (Lipinski definition) is 4. The number of guanidine groups is 1. The van der Waals surface area contributed by atoms with Crippen molar-refractivity contribution in [3.05, 3.63) is 24.2 Å². The van der Waals surface area contributed by atoms with Crippen molar-refractivity contribution in [2.75, 3.05) is 26.2 Å². The van der Waals surface area contributed by atoms with Gasteiger partial charge < -0.3 is 24.9 Å². The molecule has 6 nitrogen and oxygen atoms in total. The van der Waals surface area contributed by atoms with Crippen LogP contribution in [-0.4, -0.2) is 43.4 Å². The van der Waals surface area contributed by atoms with Gasteiger partial charge in [-0.05, 0) is 38.8 Å². The van der Waals surface area contributed by atoms with Gasteiger partial charge in [0.15, 0.2) is 5.96 Å². The molecule has 1 unspecified atom stereocenters. The summed E-state index contributed by atoms with van der Waals surface area (Å²) in [6, 6.07) is 3.53. The Bertz CT molecular complexity index is 498. The Morgan fingerprint density at radius 2 is 2.04 bits per heavy atom. The van der Waals surface area contributed by atoms with Crippen LogP contribution in [0.3, 0.4) is 0 Å². The van der Waals surface area contributed by atoms with E-state index in [-0.39, 0.29) is 30.5 Å². The lowest BCUT2D eigenvalue weighted by Crippen LogP contribution is -2.40. The zero-order valence-corrected chi connectivity index (χ0v) is 18.3. The van der Waals surface area contributed by atoms with Crippen molar-refractivity contribution >= 4 is 29.9 Å². The standard InChI is InChI=1S/C19H33N3O3.HI/c1-3-20-18(22-15-19(2,23)17-11-8-13-25-17)21-12-14-24-16-9-6-4-5-7-10-16;/h8,11,13,16,23H,3-7,9-10,12,14-15H2,1-2H3,(H2,20,21,22);1H. The number of aliphatic imine (C=N–C) groups is 1. The molecule has 1 aromatic rings. The van der Waals surface area contributed by atoms with Crippen molar-refractivity contribution in [3.63, 3.8) is 0 Å². The molecule has 26 heavy (non-hydrogen) atoms. The molecule has 0 radical (unpaired) electrons. The summed E-state index contributed by atoms with van der Waals surface area (Å²) < 4.78 is 11.3. The van der Waals surface area contributed by atoms with Crippen LogP contribution < -0.4 is 10.6 Å². The summed E-state index contributed by atoms with van der Waals surface area (Å²) in [7, 11) is 0. The SMILES string of the molecule is CCNC(=NCC(C)(O)c1ccco1)NCCOC1CCCCCC1.I. The number of halogens is 1. The monoisotopic (exact) mass is 479 g/mol. The number of furan rings is 1. The van der Waals surface area contributed by atoms with E-state index in [2.05, 4.69) is 15.6 Å². The third kappa shape index (κ3) is 8.26. The zero-order chi connectivity index (χ0) is 18.0. The maximum Gasteiger partial charge on any atom is 0.191 e. The third-order valence-corrected chi connectivity index (χ3v) is 4.49. The fourth-order valence-electron chi connectivity index (χ4n) is 3.04. The number of rotatable bonds is 8. The average Bonchev–Trinajstić information content (AvgIpc) is 3.03. The van der Waals surface area contributed by atoms with Crippen LogP contribution >= 0.6 is 24.0 Å². The molecule has 0 bridgehead atoms. The summed E-state index contributed by atoms with van der Waals surface area (Å²) in [5.41, 5.74) is -1.12. The summed E-state index contributed by atoms with van der Waals surface area (Å²) in [4.78, 5) is 4.47. The minimum Gasteiger partial charge on any atom is -0.466 e. The first-order valence-electron chi connectivity index (χ1n) is 9.52. The molecule has 0 amide bonds. The van der Waals surface area contributed by atoms with Gasteiger partial charge in [-0.15, -0.1) is 24.0 Å². The summed E-state index contributed by atoms with van der Waals surface area (Å²) in [6.07, 6.45) is 9.56. The zero-order valence-electron chi connectivity index (χ0n) is 16.0. The van der Waals surface area contributed by atoms with Gasteiger partial charge in [-0.2, -0.15) is 0 Å². The van der Waals surface area contributed by atoms with Gasteiger partial charge in [0.25, 0.3) is 0 Å².